The van der Waals surface area contributed by atoms with Gasteiger partial charge in [-0.2, -0.15) is 12.1 Å². The Morgan fingerprint density at radius 1 is 0.651 bits per heavy atom. The summed E-state index contributed by atoms with van der Waals surface area (Å²) in [5.41, 5.74) is 14.9. The fourth-order valence-electron chi connectivity index (χ4n) is 8.79. The predicted octanol–water partition coefficient (Wildman–Crippen LogP) is 15.3. The average Bonchev–Trinajstić information content (AvgIpc) is 3.85. The number of ether oxygens (including phenoxy) is 1. The number of rotatable bonds is 10. The summed E-state index contributed by atoms with van der Waals surface area (Å²) < 4.78 is 36.3. The molecule has 1 aliphatic heterocycles. The summed E-state index contributed by atoms with van der Waals surface area (Å²) in [4.78, 5) is 9.35. The van der Waals surface area contributed by atoms with Crippen LogP contribution in [-0.2, 0) is 21.1 Å². The molecule has 6 aromatic carbocycles. The minimum Gasteiger partial charge on any atom is -0.509 e. The predicted molar refractivity (Wildman–Crippen MR) is 260 cm³/mol. The van der Waals surface area contributed by atoms with Gasteiger partial charge < -0.3 is 19.1 Å². The molecule has 322 valence electrons. The largest absolute Gasteiger partial charge is 0.509 e. The number of fused-ring (bicyclic) bond motifs is 3. The second kappa shape index (κ2) is 17.7. The maximum absolute atomic E-state index is 9.30. The van der Waals surface area contributed by atoms with Gasteiger partial charge in [-0.05, 0) is 131 Å². The summed E-state index contributed by atoms with van der Waals surface area (Å²) in [5.74, 6) is -1.17. The molecule has 63 heavy (non-hydrogen) atoms. The molecule has 0 unspecified atom stereocenters. The zero-order valence-electron chi connectivity index (χ0n) is 40.7. The van der Waals surface area contributed by atoms with Gasteiger partial charge in [0, 0.05) is 59.8 Å². The Hall–Kier alpha value is -5.90. The van der Waals surface area contributed by atoms with Crippen LogP contribution in [0.25, 0.3) is 44.4 Å². The van der Waals surface area contributed by atoms with Crippen LogP contribution in [-0.4, -0.2) is 9.55 Å². The molecule has 2 aromatic heterocycles. The summed E-state index contributed by atoms with van der Waals surface area (Å²) in [5, 5.41) is 2.06. The standard InChI is InChI=1S/C57H55N4O.Pt/c1-35(2)44-28-50(36(3)4)56(51(29-44)37(5)6)43-25-26-58-55(30-43)61-52-22-15-14-21-48(52)49-24-23-47(32-53(49)61)62-46-20-16-19-45(31-46)60-34-59(33-54(60)42-17-12-11-13-18-42)57-40(9)38(7)27-39(8)41(57)10;/h11-30,33-37H,1-10H3;/q-3;/i35D,36D,37D;. The maximum atomic E-state index is 9.30. The van der Waals surface area contributed by atoms with Gasteiger partial charge in [0.15, 0.2) is 0 Å². The Kier molecular flexibility index (Phi) is 11.2. The topological polar surface area (TPSA) is 33.5 Å². The van der Waals surface area contributed by atoms with Crippen molar-refractivity contribution in [3.05, 3.63) is 191 Å². The van der Waals surface area contributed by atoms with Gasteiger partial charge in [0.25, 0.3) is 0 Å². The molecule has 0 spiro atoms. The van der Waals surface area contributed by atoms with E-state index in [0.717, 1.165) is 66.6 Å². The van der Waals surface area contributed by atoms with Gasteiger partial charge in [-0.3, -0.25) is 0 Å². The van der Waals surface area contributed by atoms with Gasteiger partial charge in [-0.25, -0.2) is 4.98 Å². The average molecular weight is 1010 g/mol. The third kappa shape index (κ3) is 8.13. The normalized spacial score (nSPS) is 14.1. The molecule has 0 atom stereocenters. The van der Waals surface area contributed by atoms with Crippen molar-refractivity contribution in [2.24, 2.45) is 0 Å². The van der Waals surface area contributed by atoms with Crippen LogP contribution in [0.4, 0.5) is 11.4 Å². The van der Waals surface area contributed by atoms with E-state index in [2.05, 4.69) is 122 Å². The summed E-state index contributed by atoms with van der Waals surface area (Å²) in [6.07, 6.45) is 4.00. The molecule has 0 saturated heterocycles. The molecule has 6 heteroatoms. The summed E-state index contributed by atoms with van der Waals surface area (Å²) in [6, 6.07) is 46.1. The third-order valence-electron chi connectivity index (χ3n) is 12.3. The Morgan fingerprint density at radius 2 is 1.32 bits per heavy atom. The van der Waals surface area contributed by atoms with Gasteiger partial charge in [0.1, 0.15) is 5.82 Å². The van der Waals surface area contributed by atoms with Crippen molar-refractivity contribution in [2.75, 3.05) is 9.80 Å². The van der Waals surface area contributed by atoms with Gasteiger partial charge in [0.05, 0.1) is 0 Å². The summed E-state index contributed by atoms with van der Waals surface area (Å²) >= 11 is 0. The van der Waals surface area contributed by atoms with Crippen LogP contribution in [0.3, 0.4) is 0 Å². The first-order valence-electron chi connectivity index (χ1n) is 22.9. The Labute approximate surface area is 392 Å². The van der Waals surface area contributed by atoms with Crippen molar-refractivity contribution >= 4 is 38.9 Å². The molecule has 0 bridgehead atoms. The number of nitrogens with zero attached hydrogens (tertiary/aromatic N) is 4. The number of hydrogen-bond donors (Lipinski definition) is 0. The van der Waals surface area contributed by atoms with E-state index in [1.54, 1.807) is 6.20 Å². The second-order valence-corrected chi connectivity index (χ2v) is 17.2. The van der Waals surface area contributed by atoms with E-state index >= 15 is 0 Å². The number of pyridine rings is 1. The van der Waals surface area contributed by atoms with E-state index in [-0.39, 0.29) is 21.1 Å². The molecule has 0 saturated carbocycles. The minimum atomic E-state index is -1.01. The molecule has 5 nitrogen and oxygen atoms in total. The Balaban J connectivity index is 0.00000592. The number of hydrogen-bond acceptors (Lipinski definition) is 4. The van der Waals surface area contributed by atoms with Crippen molar-refractivity contribution in [2.45, 2.75) is 86.9 Å². The van der Waals surface area contributed by atoms with Crippen molar-refractivity contribution in [3.8, 4) is 28.4 Å². The van der Waals surface area contributed by atoms with E-state index in [9.17, 15) is 2.74 Å². The molecular formula is C57H55N4OPt-3. The van der Waals surface area contributed by atoms with E-state index in [1.807, 2.05) is 102 Å². The fraction of sp³-hybridized carbons (Fsp3) is 0.228. The van der Waals surface area contributed by atoms with Gasteiger partial charge in [0.2, 0.25) is 0 Å². The maximum Gasteiger partial charge on any atom is 0.136 e. The van der Waals surface area contributed by atoms with Crippen LogP contribution in [0, 0.1) is 46.5 Å². The first-order valence-corrected chi connectivity index (χ1v) is 21.4. The summed E-state index contributed by atoms with van der Waals surface area (Å²) in [7, 11) is 0. The second-order valence-electron chi connectivity index (χ2n) is 17.2. The Morgan fingerprint density at radius 3 is 2.00 bits per heavy atom. The number of anilines is 2. The number of aryl methyl sites for hydroxylation is 2. The van der Waals surface area contributed by atoms with Gasteiger partial charge >= 0.3 is 0 Å². The van der Waals surface area contributed by atoms with E-state index < -0.39 is 17.7 Å². The Bertz CT molecular complexity index is 3110. The molecule has 0 radical (unpaired) electrons. The summed E-state index contributed by atoms with van der Waals surface area (Å²) in [6.45, 7) is 22.1. The molecule has 0 fully saturated rings. The smallest absolute Gasteiger partial charge is 0.136 e. The van der Waals surface area contributed by atoms with Crippen molar-refractivity contribution in [1.82, 2.24) is 9.55 Å². The molecule has 8 aromatic rings. The minimum absolute atomic E-state index is 0. The van der Waals surface area contributed by atoms with E-state index in [4.69, 9.17) is 11.1 Å². The van der Waals surface area contributed by atoms with Gasteiger partial charge in [-0.15, -0.1) is 48.1 Å². The van der Waals surface area contributed by atoms with Crippen molar-refractivity contribution < 1.29 is 29.9 Å². The van der Waals surface area contributed by atoms with E-state index in [0.29, 0.717) is 17.3 Å². The number of benzene rings is 6. The van der Waals surface area contributed by atoms with Gasteiger partial charge in [-0.1, -0.05) is 114 Å². The molecule has 0 aliphatic carbocycles. The van der Waals surface area contributed by atoms with Crippen LogP contribution in [0.15, 0.2) is 128 Å². The van der Waals surface area contributed by atoms with Crippen molar-refractivity contribution in [3.63, 3.8) is 0 Å². The number of aromatic nitrogens is 2. The molecule has 9 rings (SSSR count). The van der Waals surface area contributed by atoms with E-state index in [1.165, 1.54) is 27.9 Å². The van der Waals surface area contributed by atoms with Crippen LogP contribution in [0.2, 0.25) is 0 Å². The van der Waals surface area contributed by atoms with Crippen molar-refractivity contribution in [1.29, 1.82) is 0 Å². The zero-order chi connectivity index (χ0) is 46.2. The van der Waals surface area contributed by atoms with Crippen LogP contribution in [0.5, 0.6) is 11.5 Å². The molecular weight excluding hydrogens is 952 g/mol. The van der Waals surface area contributed by atoms with Crippen LogP contribution in [0.1, 0.15) is 108 Å². The first-order chi connectivity index (χ1) is 30.8. The van der Waals surface area contributed by atoms with Crippen LogP contribution >= 0.6 is 0 Å². The quantitative estimate of drug-likeness (QED) is 0.128. The molecule has 1 aliphatic rings. The zero-order valence-corrected chi connectivity index (χ0v) is 40.0. The number of para-hydroxylation sites is 1. The fourth-order valence-corrected chi connectivity index (χ4v) is 8.79. The SMILES string of the molecule is [2H]C(C)(C)c1cc(C([2H])(C)C)c(-c2ccnc(-n3c4[c-]c(Oc5[c-]c(N6[CH-]N(c7c(C)c(C)cc(C)c7C)C=C6c6ccccc6)ccc5)ccc4c4ccccc43)c2)c(C([2H])(C)C)c1.[Pt]. The third-order valence-corrected chi connectivity index (χ3v) is 12.3. The monoisotopic (exact) mass is 1010 g/mol. The molecule has 3 heterocycles. The molecule has 0 N–H and O–H groups in total. The molecule has 0 amide bonds. The van der Waals surface area contributed by atoms with Crippen LogP contribution < -0.4 is 14.5 Å². The first kappa shape index (κ1) is 39.9.